The minimum Gasteiger partial charge on any atom is -0.377 e. The number of nitrogens with one attached hydrogen (secondary N) is 2. The van der Waals surface area contributed by atoms with Crippen molar-refractivity contribution in [3.63, 3.8) is 0 Å². The molecule has 0 saturated carbocycles. The SMILES string of the molecule is C1=CC2c3cnccc3NC2C=C1N1CCNCC1. The molecular weight excluding hydrogens is 236 g/mol. The van der Waals surface area contributed by atoms with Crippen LogP contribution in [0.1, 0.15) is 11.5 Å². The van der Waals surface area contributed by atoms with E-state index >= 15 is 0 Å². The number of rotatable bonds is 1. The van der Waals surface area contributed by atoms with E-state index in [4.69, 9.17) is 0 Å². The molecule has 3 heterocycles. The third kappa shape index (κ3) is 1.83. The summed E-state index contributed by atoms with van der Waals surface area (Å²) in [5.41, 5.74) is 3.91. The normalized spacial score (nSPS) is 28.4. The smallest absolute Gasteiger partial charge is 0.0572 e. The maximum Gasteiger partial charge on any atom is 0.0572 e. The molecule has 19 heavy (non-hydrogen) atoms. The number of allylic oxidation sites excluding steroid dienone is 1. The fraction of sp³-hybridized carbons (Fsp3) is 0.400. The highest BCUT2D eigenvalue weighted by Gasteiger charge is 2.31. The summed E-state index contributed by atoms with van der Waals surface area (Å²) in [6.45, 7) is 4.36. The summed E-state index contributed by atoms with van der Waals surface area (Å²) in [6.07, 6.45) is 10.8. The van der Waals surface area contributed by atoms with Crippen LogP contribution in [-0.4, -0.2) is 42.1 Å². The highest BCUT2D eigenvalue weighted by atomic mass is 15.2. The molecule has 1 aromatic heterocycles. The van der Waals surface area contributed by atoms with E-state index in [0.717, 1.165) is 26.2 Å². The molecule has 0 aromatic carbocycles. The first-order valence-electron chi connectivity index (χ1n) is 6.98. The molecule has 4 rings (SSSR count). The number of nitrogens with zero attached hydrogens (tertiary/aromatic N) is 2. The first kappa shape index (κ1) is 11.1. The molecule has 4 nitrogen and oxygen atoms in total. The molecule has 1 aliphatic carbocycles. The second-order valence-corrected chi connectivity index (χ2v) is 5.35. The van der Waals surface area contributed by atoms with E-state index < -0.39 is 0 Å². The van der Waals surface area contributed by atoms with Gasteiger partial charge in [0.2, 0.25) is 0 Å². The van der Waals surface area contributed by atoms with Crippen molar-refractivity contribution in [3.05, 3.63) is 47.9 Å². The Morgan fingerprint density at radius 3 is 3.05 bits per heavy atom. The van der Waals surface area contributed by atoms with Crippen LogP contribution < -0.4 is 10.6 Å². The molecule has 2 aliphatic heterocycles. The molecule has 2 N–H and O–H groups in total. The largest absolute Gasteiger partial charge is 0.377 e. The summed E-state index contributed by atoms with van der Waals surface area (Å²) in [6, 6.07) is 2.45. The Kier molecular flexibility index (Phi) is 2.55. The van der Waals surface area contributed by atoms with Crippen LogP contribution in [0.15, 0.2) is 42.4 Å². The Labute approximate surface area is 113 Å². The van der Waals surface area contributed by atoms with E-state index in [-0.39, 0.29) is 0 Å². The molecule has 1 fully saturated rings. The molecule has 1 saturated heterocycles. The first-order chi connectivity index (χ1) is 9.42. The second-order valence-electron chi connectivity index (χ2n) is 5.35. The highest BCUT2D eigenvalue weighted by Crippen LogP contribution is 2.39. The van der Waals surface area contributed by atoms with E-state index in [2.05, 4.69) is 44.8 Å². The molecule has 0 spiro atoms. The lowest BCUT2D eigenvalue weighted by molar-refractivity contribution is 0.305. The Hall–Kier alpha value is -1.81. The molecule has 0 radical (unpaired) electrons. The van der Waals surface area contributed by atoms with Crippen molar-refractivity contribution < 1.29 is 0 Å². The Morgan fingerprint density at radius 1 is 1.26 bits per heavy atom. The lowest BCUT2D eigenvalue weighted by atomic mass is 9.91. The minimum atomic E-state index is 0.383. The zero-order valence-electron chi connectivity index (χ0n) is 10.8. The van der Waals surface area contributed by atoms with Gasteiger partial charge in [-0.3, -0.25) is 4.98 Å². The van der Waals surface area contributed by atoms with Crippen molar-refractivity contribution in [2.24, 2.45) is 0 Å². The van der Waals surface area contributed by atoms with Gasteiger partial charge < -0.3 is 15.5 Å². The van der Waals surface area contributed by atoms with Gasteiger partial charge in [-0.05, 0) is 18.2 Å². The van der Waals surface area contributed by atoms with Crippen molar-refractivity contribution in [3.8, 4) is 0 Å². The van der Waals surface area contributed by atoms with Crippen molar-refractivity contribution >= 4 is 5.69 Å². The van der Waals surface area contributed by atoms with Gasteiger partial charge in [-0.15, -0.1) is 0 Å². The third-order valence-electron chi connectivity index (χ3n) is 4.23. The van der Waals surface area contributed by atoms with Gasteiger partial charge in [0, 0.05) is 61.4 Å². The molecule has 3 aliphatic rings. The number of piperazine rings is 1. The van der Waals surface area contributed by atoms with Crippen LogP contribution in [0.2, 0.25) is 0 Å². The Morgan fingerprint density at radius 2 is 2.16 bits per heavy atom. The number of hydrogen-bond donors (Lipinski definition) is 2. The van der Waals surface area contributed by atoms with Crippen LogP contribution in [0.25, 0.3) is 0 Å². The molecule has 4 heteroatoms. The Balaban J connectivity index is 1.60. The van der Waals surface area contributed by atoms with Gasteiger partial charge >= 0.3 is 0 Å². The lowest BCUT2D eigenvalue weighted by Gasteiger charge is -2.33. The van der Waals surface area contributed by atoms with E-state index in [0.29, 0.717) is 12.0 Å². The van der Waals surface area contributed by atoms with Gasteiger partial charge in [0.15, 0.2) is 0 Å². The van der Waals surface area contributed by atoms with Gasteiger partial charge in [-0.1, -0.05) is 6.08 Å². The molecule has 98 valence electrons. The van der Waals surface area contributed by atoms with Crippen molar-refractivity contribution in [1.29, 1.82) is 0 Å². The van der Waals surface area contributed by atoms with Crippen molar-refractivity contribution in [2.75, 3.05) is 31.5 Å². The number of hydrogen-bond acceptors (Lipinski definition) is 4. The van der Waals surface area contributed by atoms with Crippen molar-refractivity contribution in [1.82, 2.24) is 15.2 Å². The molecule has 2 unspecified atom stereocenters. The summed E-state index contributed by atoms with van der Waals surface area (Å²) in [5.74, 6) is 0.440. The molecule has 0 bridgehead atoms. The van der Waals surface area contributed by atoms with Crippen LogP contribution >= 0.6 is 0 Å². The summed E-state index contributed by atoms with van der Waals surface area (Å²) in [7, 11) is 0. The zero-order valence-corrected chi connectivity index (χ0v) is 10.8. The van der Waals surface area contributed by atoms with Crippen LogP contribution in [0, 0.1) is 0 Å². The number of pyridine rings is 1. The summed E-state index contributed by atoms with van der Waals surface area (Å²) >= 11 is 0. The zero-order chi connectivity index (χ0) is 12.7. The summed E-state index contributed by atoms with van der Waals surface area (Å²) in [4.78, 5) is 6.71. The van der Waals surface area contributed by atoms with E-state index in [1.807, 2.05) is 12.4 Å². The van der Waals surface area contributed by atoms with Gasteiger partial charge in [-0.2, -0.15) is 0 Å². The monoisotopic (exact) mass is 254 g/mol. The fourth-order valence-corrected chi connectivity index (χ4v) is 3.21. The predicted molar refractivity (Wildman–Crippen MR) is 76.1 cm³/mol. The molecular formula is C15H18N4. The third-order valence-corrected chi connectivity index (χ3v) is 4.23. The number of aromatic nitrogens is 1. The average molecular weight is 254 g/mol. The van der Waals surface area contributed by atoms with E-state index in [1.54, 1.807) is 0 Å². The summed E-state index contributed by atoms with van der Waals surface area (Å²) in [5, 5.41) is 6.99. The van der Waals surface area contributed by atoms with Crippen LogP contribution in [0.5, 0.6) is 0 Å². The standard InChI is InChI=1S/C15H18N4/c1-2-12-13-10-17-4-3-14(13)18-15(12)9-11(1)19-7-5-16-6-8-19/h1-4,9-10,12,15-16,18H,5-8H2. The lowest BCUT2D eigenvalue weighted by Crippen LogP contribution is -2.43. The summed E-state index contributed by atoms with van der Waals surface area (Å²) < 4.78 is 0. The van der Waals surface area contributed by atoms with Crippen LogP contribution in [-0.2, 0) is 0 Å². The second kappa shape index (κ2) is 4.38. The van der Waals surface area contributed by atoms with E-state index in [1.165, 1.54) is 16.9 Å². The first-order valence-corrected chi connectivity index (χ1v) is 6.98. The fourth-order valence-electron chi connectivity index (χ4n) is 3.21. The number of anilines is 1. The van der Waals surface area contributed by atoms with Crippen LogP contribution in [0.3, 0.4) is 0 Å². The van der Waals surface area contributed by atoms with Gasteiger partial charge in [0.05, 0.1) is 6.04 Å². The average Bonchev–Trinajstić information content (AvgIpc) is 2.86. The van der Waals surface area contributed by atoms with Crippen LogP contribution in [0.4, 0.5) is 5.69 Å². The maximum atomic E-state index is 4.24. The topological polar surface area (TPSA) is 40.2 Å². The predicted octanol–water partition coefficient (Wildman–Crippen LogP) is 1.32. The maximum absolute atomic E-state index is 4.24. The minimum absolute atomic E-state index is 0.383. The molecule has 0 amide bonds. The highest BCUT2D eigenvalue weighted by molar-refractivity contribution is 5.62. The van der Waals surface area contributed by atoms with Gasteiger partial charge in [0.25, 0.3) is 0 Å². The molecule has 2 atom stereocenters. The number of fused-ring (bicyclic) bond motifs is 3. The van der Waals surface area contributed by atoms with Crippen molar-refractivity contribution in [2.45, 2.75) is 12.0 Å². The van der Waals surface area contributed by atoms with Gasteiger partial charge in [0.1, 0.15) is 0 Å². The van der Waals surface area contributed by atoms with E-state index in [9.17, 15) is 0 Å². The quantitative estimate of drug-likeness (QED) is 0.793. The van der Waals surface area contributed by atoms with Gasteiger partial charge in [-0.25, -0.2) is 0 Å². The molecule has 1 aromatic rings. The Bertz CT molecular complexity index is 543.